The van der Waals surface area contributed by atoms with E-state index in [1.165, 1.54) is 41.3 Å². The molecule has 4 aromatic carbocycles. The molecule has 2 N–H and O–H groups in total. The lowest BCUT2D eigenvalue weighted by atomic mass is 10.0. The van der Waals surface area contributed by atoms with Gasteiger partial charge in [-0.25, -0.2) is 12.8 Å². The minimum absolute atomic E-state index is 0.0514. The summed E-state index contributed by atoms with van der Waals surface area (Å²) in [4.78, 5) is 28.9. The van der Waals surface area contributed by atoms with Gasteiger partial charge in [-0.3, -0.25) is 14.3 Å². The molecule has 4 rings (SSSR count). The first-order chi connectivity index (χ1) is 22.5. The van der Waals surface area contributed by atoms with Crippen LogP contribution in [0.4, 0.5) is 10.1 Å². The summed E-state index contributed by atoms with van der Waals surface area (Å²) in [5.41, 5.74) is 1.58. The maximum atomic E-state index is 13.9. The van der Waals surface area contributed by atoms with Crippen molar-refractivity contribution in [1.82, 2.24) is 10.2 Å². The van der Waals surface area contributed by atoms with Gasteiger partial charge in [0.05, 0.1) is 11.0 Å². The van der Waals surface area contributed by atoms with Crippen LogP contribution in [-0.2, 0) is 30.9 Å². The Kier molecular flexibility index (Phi) is 12.7. The number of anilines is 1. The number of carbonyl (C=O) groups is 2. The van der Waals surface area contributed by atoms with Gasteiger partial charge in [0, 0.05) is 30.4 Å². The number of carbonyl (C=O) groups excluding carboxylic acids is 2. The van der Waals surface area contributed by atoms with Gasteiger partial charge in [-0.15, -0.1) is 0 Å². The van der Waals surface area contributed by atoms with E-state index in [-0.39, 0.29) is 34.9 Å². The number of hydrogen-bond acceptors (Lipinski definition) is 6. The molecule has 2 amide bonds. The average Bonchev–Trinajstić information content (AvgIpc) is 3.05. The maximum absolute atomic E-state index is 13.9. The van der Waals surface area contributed by atoms with Gasteiger partial charge in [-0.05, 0) is 92.1 Å². The van der Waals surface area contributed by atoms with E-state index in [4.69, 9.17) is 21.1 Å². The maximum Gasteiger partial charge on any atom is 0.261 e. The summed E-state index contributed by atoms with van der Waals surface area (Å²) in [7, 11) is -3.96. The van der Waals surface area contributed by atoms with Crippen molar-refractivity contribution in [1.29, 1.82) is 0 Å². The predicted octanol–water partition coefficient (Wildman–Crippen LogP) is 6.36. The lowest BCUT2D eigenvalue weighted by Crippen LogP contribution is -2.45. The molecule has 0 bridgehead atoms. The predicted molar refractivity (Wildman–Crippen MR) is 179 cm³/mol. The lowest BCUT2D eigenvalue weighted by molar-refractivity contribution is -0.143. The quantitative estimate of drug-likeness (QED) is 0.133. The number of sulfonamides is 1. The molecule has 0 aliphatic carbocycles. The number of benzene rings is 4. The Bertz CT molecular complexity index is 1710. The second-order valence-corrected chi connectivity index (χ2v) is 13.0. The van der Waals surface area contributed by atoms with Crippen molar-refractivity contribution in [3.8, 4) is 5.75 Å². The monoisotopic (exact) mass is 681 g/mol. The zero-order valence-electron chi connectivity index (χ0n) is 26.1. The molecule has 1 atom stereocenters. The Hall–Kier alpha value is -4.45. The van der Waals surface area contributed by atoms with Crippen LogP contribution in [-0.4, -0.2) is 51.0 Å². The van der Waals surface area contributed by atoms with Crippen molar-refractivity contribution in [2.75, 3.05) is 24.5 Å². The number of ether oxygens (including phenoxy) is 2. The van der Waals surface area contributed by atoms with E-state index in [0.29, 0.717) is 30.2 Å². The van der Waals surface area contributed by atoms with Gasteiger partial charge in [-0.2, -0.15) is 0 Å². The second-order valence-electron chi connectivity index (χ2n) is 10.9. The fourth-order valence-corrected chi connectivity index (χ4v) is 5.78. The highest BCUT2D eigenvalue weighted by Crippen LogP contribution is 2.26. The third kappa shape index (κ3) is 10.8. The normalized spacial score (nSPS) is 11.9. The van der Waals surface area contributed by atoms with E-state index >= 15 is 0 Å². The molecule has 0 aromatic heterocycles. The van der Waals surface area contributed by atoms with Crippen molar-refractivity contribution in [2.45, 2.75) is 43.9 Å². The van der Waals surface area contributed by atoms with Gasteiger partial charge < -0.3 is 19.7 Å². The highest BCUT2D eigenvalue weighted by Gasteiger charge is 2.32. The van der Waals surface area contributed by atoms with Crippen LogP contribution in [0.1, 0.15) is 37.4 Å². The highest BCUT2D eigenvalue weighted by atomic mass is 35.5. The number of nitrogens with one attached hydrogen (secondary N) is 2. The van der Waals surface area contributed by atoms with Crippen LogP contribution in [0, 0.1) is 5.82 Å². The minimum Gasteiger partial charge on any atom is -0.484 e. The van der Waals surface area contributed by atoms with Crippen molar-refractivity contribution in [3.05, 3.63) is 125 Å². The number of rotatable bonds is 16. The number of hydrogen-bond donors (Lipinski definition) is 2. The van der Waals surface area contributed by atoms with Gasteiger partial charge in [-0.1, -0.05) is 54.1 Å². The summed E-state index contributed by atoms with van der Waals surface area (Å²) in [6.07, 6.45) is 0.680. The summed E-state index contributed by atoms with van der Waals surface area (Å²) >= 11 is 6.09. The molecule has 0 saturated carbocycles. The molecule has 0 spiro atoms. The fourth-order valence-electron chi connectivity index (χ4n) is 4.59. The Labute approximate surface area is 279 Å². The zero-order chi connectivity index (χ0) is 33.8. The molecule has 0 aliphatic heterocycles. The number of nitrogens with zero attached hydrogens (tertiary/aromatic N) is 1. The molecule has 0 saturated heterocycles. The molecule has 4 aromatic rings. The lowest BCUT2D eigenvalue weighted by Gasteiger charge is -2.31. The molecular formula is C35H37ClFN3O6S. The molecular weight excluding hydrogens is 645 g/mol. The van der Waals surface area contributed by atoms with E-state index in [1.54, 1.807) is 48.5 Å². The summed E-state index contributed by atoms with van der Waals surface area (Å²) in [6, 6.07) is 25.5. The first kappa shape index (κ1) is 35.4. The van der Waals surface area contributed by atoms with E-state index in [2.05, 4.69) is 10.0 Å². The van der Waals surface area contributed by atoms with Gasteiger partial charge in [0.25, 0.3) is 15.9 Å². The average molecular weight is 682 g/mol. The first-order valence-corrected chi connectivity index (χ1v) is 16.9. The van der Waals surface area contributed by atoms with Crippen LogP contribution >= 0.6 is 11.6 Å². The first-order valence-electron chi connectivity index (χ1n) is 15.0. The Balaban J connectivity index is 1.51. The van der Waals surface area contributed by atoms with Crippen molar-refractivity contribution in [3.63, 3.8) is 0 Å². The molecule has 0 unspecified atom stereocenters. The van der Waals surface area contributed by atoms with Crippen LogP contribution in [0.5, 0.6) is 5.75 Å². The highest BCUT2D eigenvalue weighted by molar-refractivity contribution is 7.92. The second kappa shape index (κ2) is 16.9. The Morgan fingerprint density at radius 3 is 2.19 bits per heavy atom. The summed E-state index contributed by atoms with van der Waals surface area (Å²) in [5, 5.41) is 3.48. The van der Waals surface area contributed by atoms with Crippen LogP contribution in [0.2, 0.25) is 5.02 Å². The molecule has 0 radical (unpaired) electrons. The van der Waals surface area contributed by atoms with Crippen LogP contribution < -0.4 is 14.8 Å². The van der Waals surface area contributed by atoms with E-state index in [0.717, 1.165) is 17.7 Å². The van der Waals surface area contributed by atoms with Crippen LogP contribution in [0.25, 0.3) is 0 Å². The zero-order valence-corrected chi connectivity index (χ0v) is 27.6. The smallest absolute Gasteiger partial charge is 0.261 e. The van der Waals surface area contributed by atoms with Gasteiger partial charge in [0.1, 0.15) is 17.6 Å². The van der Waals surface area contributed by atoms with Crippen molar-refractivity contribution < 1.29 is 31.9 Å². The third-order valence-corrected chi connectivity index (χ3v) is 8.58. The van der Waals surface area contributed by atoms with E-state index in [1.807, 2.05) is 19.9 Å². The molecule has 0 heterocycles. The van der Waals surface area contributed by atoms with Gasteiger partial charge >= 0.3 is 0 Å². The Morgan fingerprint density at radius 2 is 1.55 bits per heavy atom. The van der Waals surface area contributed by atoms with Gasteiger partial charge in [0.15, 0.2) is 6.61 Å². The summed E-state index contributed by atoms with van der Waals surface area (Å²) in [6.45, 7) is 4.39. The largest absolute Gasteiger partial charge is 0.484 e. The third-order valence-electron chi connectivity index (χ3n) is 6.93. The van der Waals surface area contributed by atoms with Crippen molar-refractivity contribution >= 4 is 39.1 Å². The van der Waals surface area contributed by atoms with Gasteiger partial charge in [0.2, 0.25) is 5.91 Å². The van der Waals surface area contributed by atoms with E-state index in [9.17, 15) is 22.4 Å². The standard InChI is InChI=1S/C35H37ClFN3O6S/c1-25(2)45-22-6-21-38-35(42)34(27-7-4-3-5-8-27)40(23-26-9-11-28(36)12-10-26)33(41)24-46-31-17-19-32(20-18-31)47(43,44)39-30-15-13-29(37)14-16-30/h3-5,7-20,25,34,39H,6,21-24H2,1-2H3,(H,38,42)/t34-/m0/s1. The molecule has 47 heavy (non-hydrogen) atoms. The van der Waals surface area contributed by atoms with Crippen LogP contribution in [0.3, 0.4) is 0 Å². The minimum atomic E-state index is -3.96. The molecule has 248 valence electrons. The van der Waals surface area contributed by atoms with E-state index < -0.39 is 34.4 Å². The molecule has 9 nitrogen and oxygen atoms in total. The number of halogens is 2. The number of amides is 2. The Morgan fingerprint density at radius 1 is 0.894 bits per heavy atom. The molecule has 12 heteroatoms. The fraction of sp³-hybridized carbons (Fsp3) is 0.257. The molecule has 0 fully saturated rings. The summed E-state index contributed by atoms with van der Waals surface area (Å²) < 4.78 is 52.6. The summed E-state index contributed by atoms with van der Waals surface area (Å²) in [5.74, 6) is -1.07. The van der Waals surface area contributed by atoms with Crippen LogP contribution in [0.15, 0.2) is 108 Å². The SMILES string of the molecule is CC(C)OCCCNC(=O)[C@H](c1ccccc1)N(Cc1ccc(Cl)cc1)C(=O)COc1ccc(S(=O)(=O)Nc2ccc(F)cc2)cc1. The topological polar surface area (TPSA) is 114 Å². The van der Waals surface area contributed by atoms with Crippen molar-refractivity contribution in [2.24, 2.45) is 0 Å². The molecule has 0 aliphatic rings.